The predicted octanol–water partition coefficient (Wildman–Crippen LogP) is 2.37. The van der Waals surface area contributed by atoms with Gasteiger partial charge in [0.05, 0.1) is 18.6 Å². The van der Waals surface area contributed by atoms with E-state index in [1.165, 1.54) is 0 Å². The number of aromatic nitrogens is 4. The van der Waals surface area contributed by atoms with Gasteiger partial charge in [-0.2, -0.15) is 0 Å². The Bertz CT molecular complexity index is 495. The van der Waals surface area contributed by atoms with Crippen LogP contribution >= 0.6 is 0 Å². The Balaban J connectivity index is 2.23. The summed E-state index contributed by atoms with van der Waals surface area (Å²) in [6.07, 6.45) is 2.61. The standard InChI is InChI=1S/C14H24N4O3/c1-9-5-6-11(21-9)13-15-16-17-18(13)10(7-12(19)20)8-14(2,3)4/h9-11H,5-8H2,1-4H3,(H,19,20). The molecule has 1 aromatic rings. The molecule has 3 atom stereocenters. The molecule has 1 N–H and O–H groups in total. The van der Waals surface area contributed by atoms with Gasteiger partial charge in [-0.1, -0.05) is 20.8 Å². The van der Waals surface area contributed by atoms with Crippen molar-refractivity contribution >= 4 is 5.97 Å². The number of tetrazole rings is 1. The SMILES string of the molecule is CC1CCC(c2nnnn2C(CC(=O)O)CC(C)(C)C)O1. The monoisotopic (exact) mass is 296 g/mol. The lowest BCUT2D eigenvalue weighted by atomic mass is 9.87. The van der Waals surface area contributed by atoms with E-state index in [0.717, 1.165) is 12.8 Å². The molecule has 1 fully saturated rings. The maximum absolute atomic E-state index is 11.2. The predicted molar refractivity (Wildman–Crippen MR) is 75.7 cm³/mol. The van der Waals surface area contributed by atoms with Crippen LogP contribution in [0.2, 0.25) is 0 Å². The molecule has 118 valence electrons. The van der Waals surface area contributed by atoms with Crippen molar-refractivity contribution in [1.29, 1.82) is 0 Å². The van der Waals surface area contributed by atoms with Crippen molar-refractivity contribution in [3.63, 3.8) is 0 Å². The lowest BCUT2D eigenvalue weighted by molar-refractivity contribution is -0.138. The van der Waals surface area contributed by atoms with E-state index in [4.69, 9.17) is 9.84 Å². The van der Waals surface area contributed by atoms with E-state index in [1.807, 2.05) is 6.92 Å². The number of nitrogens with zero attached hydrogens (tertiary/aromatic N) is 4. The van der Waals surface area contributed by atoms with Gasteiger partial charge in [-0.15, -0.1) is 5.10 Å². The van der Waals surface area contributed by atoms with Crippen molar-refractivity contribution in [2.24, 2.45) is 5.41 Å². The van der Waals surface area contributed by atoms with Crippen molar-refractivity contribution in [1.82, 2.24) is 20.2 Å². The first-order chi connectivity index (χ1) is 9.76. The van der Waals surface area contributed by atoms with E-state index in [-0.39, 0.29) is 30.1 Å². The Hall–Kier alpha value is -1.50. The lowest BCUT2D eigenvalue weighted by Gasteiger charge is -2.26. The van der Waals surface area contributed by atoms with Crippen molar-refractivity contribution < 1.29 is 14.6 Å². The zero-order chi connectivity index (χ0) is 15.6. The summed E-state index contributed by atoms with van der Waals surface area (Å²) >= 11 is 0. The van der Waals surface area contributed by atoms with Crippen LogP contribution in [0.15, 0.2) is 0 Å². The second kappa shape index (κ2) is 6.09. The molecule has 0 saturated carbocycles. The molecule has 1 saturated heterocycles. The maximum atomic E-state index is 11.2. The zero-order valence-corrected chi connectivity index (χ0v) is 13.1. The Kier molecular flexibility index (Phi) is 4.61. The summed E-state index contributed by atoms with van der Waals surface area (Å²) in [6.45, 7) is 8.28. The molecule has 1 aliphatic heterocycles. The fraction of sp³-hybridized carbons (Fsp3) is 0.857. The van der Waals surface area contributed by atoms with Crippen LogP contribution in [-0.4, -0.2) is 37.4 Å². The topological polar surface area (TPSA) is 90.1 Å². The number of rotatable bonds is 5. The molecule has 0 aliphatic carbocycles. The largest absolute Gasteiger partial charge is 0.481 e. The van der Waals surface area contributed by atoms with Crippen LogP contribution in [0.1, 0.15) is 71.3 Å². The second-order valence-electron chi connectivity index (χ2n) is 7.01. The van der Waals surface area contributed by atoms with Crippen LogP contribution in [0, 0.1) is 5.41 Å². The van der Waals surface area contributed by atoms with Crippen LogP contribution in [0.3, 0.4) is 0 Å². The van der Waals surface area contributed by atoms with Gasteiger partial charge in [-0.3, -0.25) is 4.79 Å². The fourth-order valence-corrected chi connectivity index (χ4v) is 2.82. The van der Waals surface area contributed by atoms with E-state index < -0.39 is 5.97 Å². The van der Waals surface area contributed by atoms with Gasteiger partial charge in [0, 0.05) is 0 Å². The number of carbonyl (C=O) groups is 1. The van der Waals surface area contributed by atoms with Gasteiger partial charge in [0.15, 0.2) is 5.82 Å². The summed E-state index contributed by atoms with van der Waals surface area (Å²) in [7, 11) is 0. The molecule has 7 heteroatoms. The Labute approximate surface area is 124 Å². The summed E-state index contributed by atoms with van der Waals surface area (Å²) < 4.78 is 7.48. The van der Waals surface area contributed by atoms with Gasteiger partial charge in [-0.05, 0) is 42.0 Å². The highest BCUT2D eigenvalue weighted by Crippen LogP contribution is 2.35. The molecule has 21 heavy (non-hydrogen) atoms. The minimum atomic E-state index is -0.841. The molecule has 0 radical (unpaired) electrons. The number of hydrogen-bond acceptors (Lipinski definition) is 5. The smallest absolute Gasteiger partial charge is 0.305 e. The number of carboxylic acid groups (broad SMARTS) is 1. The van der Waals surface area contributed by atoms with Gasteiger partial charge in [-0.25, -0.2) is 4.68 Å². The molecule has 2 heterocycles. The van der Waals surface area contributed by atoms with E-state index >= 15 is 0 Å². The molecule has 3 unspecified atom stereocenters. The van der Waals surface area contributed by atoms with Crippen molar-refractivity contribution in [3.05, 3.63) is 5.82 Å². The van der Waals surface area contributed by atoms with Gasteiger partial charge >= 0.3 is 5.97 Å². The molecular weight excluding hydrogens is 272 g/mol. The average molecular weight is 296 g/mol. The molecular formula is C14H24N4O3. The highest BCUT2D eigenvalue weighted by molar-refractivity contribution is 5.67. The minimum Gasteiger partial charge on any atom is -0.481 e. The Morgan fingerprint density at radius 1 is 1.48 bits per heavy atom. The van der Waals surface area contributed by atoms with Crippen LogP contribution in [0.5, 0.6) is 0 Å². The van der Waals surface area contributed by atoms with E-state index in [2.05, 4.69) is 36.3 Å². The Morgan fingerprint density at radius 2 is 2.19 bits per heavy atom. The molecule has 7 nitrogen and oxygen atoms in total. The molecule has 0 amide bonds. The number of ether oxygens (including phenoxy) is 1. The fourth-order valence-electron chi connectivity index (χ4n) is 2.82. The molecule has 0 bridgehead atoms. The van der Waals surface area contributed by atoms with Gasteiger partial charge in [0.1, 0.15) is 6.10 Å². The number of aliphatic carboxylic acids is 1. The summed E-state index contributed by atoms with van der Waals surface area (Å²) in [4.78, 5) is 11.2. The van der Waals surface area contributed by atoms with Crippen molar-refractivity contribution in [2.75, 3.05) is 0 Å². The molecule has 1 aromatic heterocycles. The van der Waals surface area contributed by atoms with Crippen LogP contribution in [0.4, 0.5) is 0 Å². The van der Waals surface area contributed by atoms with E-state index in [9.17, 15) is 4.79 Å². The third-order valence-electron chi connectivity index (χ3n) is 3.64. The number of hydrogen-bond donors (Lipinski definition) is 1. The van der Waals surface area contributed by atoms with Crippen LogP contribution < -0.4 is 0 Å². The third-order valence-corrected chi connectivity index (χ3v) is 3.64. The van der Waals surface area contributed by atoms with Crippen LogP contribution in [-0.2, 0) is 9.53 Å². The zero-order valence-electron chi connectivity index (χ0n) is 13.1. The molecule has 2 rings (SSSR count). The first kappa shape index (κ1) is 15.9. The summed E-state index contributed by atoms with van der Waals surface area (Å²) in [5.41, 5.74) is -0.00678. The maximum Gasteiger partial charge on any atom is 0.305 e. The summed E-state index contributed by atoms with van der Waals surface area (Å²) in [5, 5.41) is 21.0. The second-order valence-corrected chi connectivity index (χ2v) is 7.01. The molecule has 1 aliphatic rings. The quantitative estimate of drug-likeness (QED) is 0.897. The van der Waals surface area contributed by atoms with Gasteiger partial charge in [0.2, 0.25) is 0 Å². The van der Waals surface area contributed by atoms with Gasteiger partial charge < -0.3 is 9.84 Å². The first-order valence-corrected chi connectivity index (χ1v) is 7.41. The van der Waals surface area contributed by atoms with Gasteiger partial charge in [0.25, 0.3) is 0 Å². The molecule has 0 spiro atoms. The van der Waals surface area contributed by atoms with Crippen LogP contribution in [0.25, 0.3) is 0 Å². The number of carboxylic acids is 1. The van der Waals surface area contributed by atoms with E-state index in [1.54, 1.807) is 4.68 Å². The van der Waals surface area contributed by atoms with Crippen molar-refractivity contribution in [3.8, 4) is 0 Å². The summed E-state index contributed by atoms with van der Waals surface area (Å²) in [6, 6.07) is -0.257. The minimum absolute atomic E-state index is 0.00678. The van der Waals surface area contributed by atoms with E-state index in [0.29, 0.717) is 12.2 Å². The average Bonchev–Trinajstić information content (AvgIpc) is 2.93. The normalized spacial score (nSPS) is 24.2. The first-order valence-electron chi connectivity index (χ1n) is 7.41. The highest BCUT2D eigenvalue weighted by Gasteiger charge is 2.32. The van der Waals surface area contributed by atoms with Crippen molar-refractivity contribution in [2.45, 2.75) is 71.6 Å². The Morgan fingerprint density at radius 3 is 2.71 bits per heavy atom. The lowest BCUT2D eigenvalue weighted by Crippen LogP contribution is -2.24. The third kappa shape index (κ3) is 4.23. The highest BCUT2D eigenvalue weighted by atomic mass is 16.5. The molecule has 0 aromatic carbocycles. The summed E-state index contributed by atoms with van der Waals surface area (Å²) in [5.74, 6) is -0.193.